The second-order valence-electron chi connectivity index (χ2n) is 4.95. The highest BCUT2D eigenvalue weighted by Gasteiger charge is 2.11. The molecule has 0 amide bonds. The van der Waals surface area contributed by atoms with Crippen molar-refractivity contribution < 1.29 is 0 Å². The predicted octanol–water partition coefficient (Wildman–Crippen LogP) is 5.62. The molecule has 0 unspecified atom stereocenters. The molecule has 0 saturated heterocycles. The molecule has 3 rings (SSSR count). The van der Waals surface area contributed by atoms with E-state index < -0.39 is 0 Å². The molecule has 0 bridgehead atoms. The van der Waals surface area contributed by atoms with Crippen LogP contribution >= 0.6 is 27.7 Å². The number of hydrogen-bond acceptors (Lipinski definition) is 2. The minimum Gasteiger partial charge on any atom is -0.319 e. The third kappa shape index (κ3) is 3.45. The maximum absolute atomic E-state index is 4.62. The highest BCUT2D eigenvalue weighted by molar-refractivity contribution is 9.10. The van der Waals surface area contributed by atoms with Crippen molar-refractivity contribution in [3.8, 4) is 11.3 Å². The molecule has 0 aliphatic heterocycles. The Bertz CT molecular complexity index is 736. The van der Waals surface area contributed by atoms with E-state index in [2.05, 4.69) is 80.9 Å². The van der Waals surface area contributed by atoms with Gasteiger partial charge in [0.25, 0.3) is 0 Å². The minimum absolute atomic E-state index is 0.919. The van der Waals surface area contributed by atoms with Gasteiger partial charge in [0.2, 0.25) is 0 Å². The van der Waals surface area contributed by atoms with Crippen molar-refractivity contribution >= 4 is 27.7 Å². The molecule has 4 heteroatoms. The number of rotatable bonds is 5. The molecule has 0 N–H and O–H groups in total. The van der Waals surface area contributed by atoms with Crippen molar-refractivity contribution in [2.75, 3.05) is 0 Å². The topological polar surface area (TPSA) is 17.8 Å². The van der Waals surface area contributed by atoms with Gasteiger partial charge in [-0.2, -0.15) is 0 Å². The zero-order chi connectivity index (χ0) is 15.4. The van der Waals surface area contributed by atoms with E-state index in [9.17, 15) is 0 Å². The van der Waals surface area contributed by atoms with Crippen molar-refractivity contribution in [3.05, 3.63) is 70.8 Å². The Morgan fingerprint density at radius 1 is 1.05 bits per heavy atom. The molecule has 3 aromatic rings. The first-order valence-electron chi connectivity index (χ1n) is 7.26. The number of benzene rings is 2. The standard InChI is InChI=1S/C18H17BrN2S/c1-2-21-17(15-8-10-16(19)11-9-15)12-20-18(21)22-13-14-6-4-3-5-7-14/h3-12H,2,13H2,1H3. The van der Waals surface area contributed by atoms with Crippen LogP contribution in [0.3, 0.4) is 0 Å². The van der Waals surface area contributed by atoms with Crippen molar-refractivity contribution in [2.45, 2.75) is 24.4 Å². The monoisotopic (exact) mass is 372 g/mol. The number of hydrogen-bond donors (Lipinski definition) is 0. The van der Waals surface area contributed by atoms with E-state index in [-0.39, 0.29) is 0 Å². The summed E-state index contributed by atoms with van der Waals surface area (Å²) >= 11 is 5.27. The van der Waals surface area contributed by atoms with E-state index in [0.29, 0.717) is 0 Å². The predicted molar refractivity (Wildman–Crippen MR) is 97.0 cm³/mol. The number of imidazole rings is 1. The number of halogens is 1. The Morgan fingerprint density at radius 3 is 2.45 bits per heavy atom. The molecule has 1 aromatic heterocycles. The number of nitrogens with zero attached hydrogens (tertiary/aromatic N) is 2. The summed E-state index contributed by atoms with van der Waals surface area (Å²) in [4.78, 5) is 4.62. The molecule has 22 heavy (non-hydrogen) atoms. The Kier molecular flexibility index (Phi) is 5.01. The molecule has 112 valence electrons. The average Bonchev–Trinajstić information content (AvgIpc) is 2.97. The quantitative estimate of drug-likeness (QED) is 0.540. The summed E-state index contributed by atoms with van der Waals surface area (Å²) in [5.41, 5.74) is 3.69. The smallest absolute Gasteiger partial charge is 0.168 e. The summed E-state index contributed by atoms with van der Waals surface area (Å²) in [5.74, 6) is 0.942. The first kappa shape index (κ1) is 15.4. The van der Waals surface area contributed by atoms with E-state index in [1.165, 1.54) is 16.8 Å². The molecule has 0 aliphatic carbocycles. The third-order valence-corrected chi connectivity index (χ3v) is 5.08. The van der Waals surface area contributed by atoms with Gasteiger partial charge in [-0.1, -0.05) is 70.2 Å². The maximum Gasteiger partial charge on any atom is 0.168 e. The molecule has 0 saturated carbocycles. The van der Waals surface area contributed by atoms with Gasteiger partial charge in [-0.15, -0.1) is 0 Å². The van der Waals surface area contributed by atoms with Crippen molar-refractivity contribution in [3.63, 3.8) is 0 Å². The zero-order valence-corrected chi connectivity index (χ0v) is 14.8. The average molecular weight is 373 g/mol. The van der Waals surface area contributed by atoms with Gasteiger partial charge in [0, 0.05) is 16.8 Å². The van der Waals surface area contributed by atoms with Crippen LogP contribution in [0.5, 0.6) is 0 Å². The molecule has 2 nitrogen and oxygen atoms in total. The van der Waals surface area contributed by atoms with Gasteiger partial charge in [0.05, 0.1) is 11.9 Å². The maximum atomic E-state index is 4.62. The first-order chi connectivity index (χ1) is 10.8. The Balaban J connectivity index is 1.82. The van der Waals surface area contributed by atoms with Crippen LogP contribution in [0.2, 0.25) is 0 Å². The van der Waals surface area contributed by atoms with Crippen LogP contribution in [-0.4, -0.2) is 9.55 Å². The van der Waals surface area contributed by atoms with Crippen LogP contribution in [0, 0.1) is 0 Å². The Labute approximate surface area is 143 Å². The lowest BCUT2D eigenvalue weighted by Gasteiger charge is -2.09. The van der Waals surface area contributed by atoms with Gasteiger partial charge in [-0.25, -0.2) is 4.98 Å². The Hall–Kier alpha value is -1.52. The fourth-order valence-corrected chi connectivity index (χ4v) is 3.62. The third-order valence-electron chi connectivity index (χ3n) is 3.49. The van der Waals surface area contributed by atoms with Crippen LogP contribution in [0.25, 0.3) is 11.3 Å². The molecule has 0 spiro atoms. The van der Waals surface area contributed by atoms with E-state index in [4.69, 9.17) is 0 Å². The normalized spacial score (nSPS) is 10.8. The van der Waals surface area contributed by atoms with E-state index in [0.717, 1.165) is 21.9 Å². The zero-order valence-electron chi connectivity index (χ0n) is 12.4. The first-order valence-corrected chi connectivity index (χ1v) is 9.04. The van der Waals surface area contributed by atoms with Gasteiger partial charge in [-0.05, 0) is 30.2 Å². The molecule has 0 aliphatic rings. The van der Waals surface area contributed by atoms with Gasteiger partial charge < -0.3 is 4.57 Å². The van der Waals surface area contributed by atoms with Crippen molar-refractivity contribution in [2.24, 2.45) is 0 Å². The molecule has 0 radical (unpaired) electrons. The summed E-state index contributed by atoms with van der Waals surface area (Å²) in [6.07, 6.45) is 1.97. The molecule has 0 fully saturated rings. The lowest BCUT2D eigenvalue weighted by molar-refractivity contribution is 0.687. The summed E-state index contributed by atoms with van der Waals surface area (Å²) in [6.45, 7) is 3.08. The van der Waals surface area contributed by atoms with Crippen LogP contribution in [0.15, 0.2) is 70.4 Å². The van der Waals surface area contributed by atoms with Crippen LogP contribution < -0.4 is 0 Å². The Morgan fingerprint density at radius 2 is 1.77 bits per heavy atom. The minimum atomic E-state index is 0.919. The summed E-state index contributed by atoms with van der Waals surface area (Å²) in [5, 5.41) is 1.07. The molecular formula is C18H17BrN2S. The summed E-state index contributed by atoms with van der Waals surface area (Å²) in [6, 6.07) is 18.9. The van der Waals surface area contributed by atoms with E-state index >= 15 is 0 Å². The molecular weight excluding hydrogens is 356 g/mol. The highest BCUT2D eigenvalue weighted by Crippen LogP contribution is 2.28. The van der Waals surface area contributed by atoms with Gasteiger partial charge >= 0.3 is 0 Å². The van der Waals surface area contributed by atoms with Crippen LogP contribution in [-0.2, 0) is 12.3 Å². The van der Waals surface area contributed by atoms with Crippen LogP contribution in [0.4, 0.5) is 0 Å². The van der Waals surface area contributed by atoms with E-state index in [1.54, 1.807) is 11.8 Å². The summed E-state index contributed by atoms with van der Waals surface area (Å²) in [7, 11) is 0. The van der Waals surface area contributed by atoms with Crippen molar-refractivity contribution in [1.82, 2.24) is 9.55 Å². The molecule has 1 heterocycles. The lowest BCUT2D eigenvalue weighted by Crippen LogP contribution is -1.99. The lowest BCUT2D eigenvalue weighted by atomic mass is 10.2. The van der Waals surface area contributed by atoms with Gasteiger partial charge in [0.1, 0.15) is 0 Å². The van der Waals surface area contributed by atoms with Gasteiger partial charge in [0.15, 0.2) is 5.16 Å². The second kappa shape index (κ2) is 7.16. The van der Waals surface area contributed by atoms with Gasteiger partial charge in [-0.3, -0.25) is 0 Å². The SMILES string of the molecule is CCn1c(-c2ccc(Br)cc2)cnc1SCc1ccccc1. The highest BCUT2D eigenvalue weighted by atomic mass is 79.9. The number of aromatic nitrogens is 2. The fourth-order valence-electron chi connectivity index (χ4n) is 2.35. The van der Waals surface area contributed by atoms with E-state index in [1.807, 2.05) is 12.3 Å². The summed E-state index contributed by atoms with van der Waals surface area (Å²) < 4.78 is 3.37. The second-order valence-corrected chi connectivity index (χ2v) is 6.81. The van der Waals surface area contributed by atoms with Crippen LogP contribution in [0.1, 0.15) is 12.5 Å². The molecule has 0 atom stereocenters. The largest absolute Gasteiger partial charge is 0.319 e. The van der Waals surface area contributed by atoms with Crippen molar-refractivity contribution in [1.29, 1.82) is 0 Å². The number of thioether (sulfide) groups is 1. The fraction of sp³-hybridized carbons (Fsp3) is 0.167. The molecule has 2 aromatic carbocycles.